The summed E-state index contributed by atoms with van der Waals surface area (Å²) >= 11 is 5.12. The van der Waals surface area contributed by atoms with Crippen LogP contribution in [0.4, 0.5) is 4.39 Å². The number of hydrogen-bond acceptors (Lipinski definition) is 2. The van der Waals surface area contributed by atoms with Crippen molar-refractivity contribution in [3.63, 3.8) is 0 Å². The van der Waals surface area contributed by atoms with Gasteiger partial charge >= 0.3 is 0 Å². The minimum atomic E-state index is -0.244. The lowest BCUT2D eigenvalue weighted by Crippen LogP contribution is -1.96. The van der Waals surface area contributed by atoms with Gasteiger partial charge in [-0.15, -0.1) is 0 Å². The highest BCUT2D eigenvalue weighted by molar-refractivity contribution is 7.71. The highest BCUT2D eigenvalue weighted by Crippen LogP contribution is 2.38. The Balaban J connectivity index is 2.14. The van der Waals surface area contributed by atoms with E-state index in [0.29, 0.717) is 21.8 Å². The van der Waals surface area contributed by atoms with E-state index in [1.807, 2.05) is 6.07 Å². The number of aromatic nitrogens is 2. The molecule has 1 fully saturated rings. The number of hydrogen-bond donors (Lipinski definition) is 1. The van der Waals surface area contributed by atoms with E-state index in [4.69, 9.17) is 12.2 Å². The maximum absolute atomic E-state index is 13.7. The molecule has 86 valence electrons. The van der Waals surface area contributed by atoms with Gasteiger partial charge in [-0.3, -0.25) is 0 Å². The highest BCUT2D eigenvalue weighted by atomic mass is 32.1. The first-order chi connectivity index (χ1) is 8.24. The second-order valence-corrected chi connectivity index (χ2v) is 4.69. The lowest BCUT2D eigenvalue weighted by molar-refractivity contribution is 0.630. The van der Waals surface area contributed by atoms with Crippen LogP contribution < -0.4 is 0 Å². The lowest BCUT2D eigenvalue weighted by atomic mass is 10.1. The summed E-state index contributed by atoms with van der Waals surface area (Å²) in [5, 5.41) is 0. The molecule has 17 heavy (non-hydrogen) atoms. The zero-order chi connectivity index (χ0) is 11.8. The molecule has 1 saturated carbocycles. The minimum Gasteiger partial charge on any atom is -0.343 e. The average Bonchev–Trinajstić information content (AvgIpc) is 3.12. The van der Waals surface area contributed by atoms with Crippen LogP contribution in [0.2, 0.25) is 0 Å². The summed E-state index contributed by atoms with van der Waals surface area (Å²) in [6, 6.07) is 8.39. The van der Waals surface area contributed by atoms with Crippen LogP contribution in [0.15, 0.2) is 30.3 Å². The zero-order valence-corrected chi connectivity index (χ0v) is 9.93. The van der Waals surface area contributed by atoms with Crippen molar-refractivity contribution < 1.29 is 4.39 Å². The molecule has 0 spiro atoms. The fourth-order valence-electron chi connectivity index (χ4n) is 1.85. The summed E-state index contributed by atoms with van der Waals surface area (Å²) in [5.41, 5.74) is 1.26. The molecule has 1 aliphatic carbocycles. The Hall–Kier alpha value is -1.55. The number of aromatic amines is 1. The van der Waals surface area contributed by atoms with Crippen LogP contribution in [0.25, 0.3) is 11.3 Å². The molecule has 1 heterocycles. The van der Waals surface area contributed by atoms with E-state index in [1.165, 1.54) is 6.07 Å². The number of benzene rings is 1. The van der Waals surface area contributed by atoms with Gasteiger partial charge in [0, 0.05) is 11.5 Å². The summed E-state index contributed by atoms with van der Waals surface area (Å²) in [6.07, 6.45) is 2.28. The number of rotatable bonds is 2. The van der Waals surface area contributed by atoms with Crippen LogP contribution >= 0.6 is 12.2 Å². The molecule has 0 unspecified atom stereocenters. The predicted octanol–water partition coefficient (Wildman–Crippen LogP) is 3.82. The first kappa shape index (κ1) is 10.6. The Morgan fingerprint density at radius 3 is 2.76 bits per heavy atom. The highest BCUT2D eigenvalue weighted by Gasteiger charge is 2.26. The number of H-pyrrole nitrogens is 1. The molecule has 1 aromatic heterocycles. The molecule has 0 bridgehead atoms. The van der Waals surface area contributed by atoms with Gasteiger partial charge in [-0.2, -0.15) is 0 Å². The van der Waals surface area contributed by atoms with Gasteiger partial charge < -0.3 is 4.98 Å². The molecule has 0 aliphatic heterocycles. The Kier molecular flexibility index (Phi) is 2.52. The van der Waals surface area contributed by atoms with E-state index in [-0.39, 0.29) is 5.82 Å². The maximum atomic E-state index is 13.7. The molecule has 1 aliphatic rings. The second-order valence-electron chi connectivity index (χ2n) is 4.27. The van der Waals surface area contributed by atoms with E-state index < -0.39 is 0 Å². The largest absolute Gasteiger partial charge is 0.343 e. The maximum Gasteiger partial charge on any atom is 0.132 e. The van der Waals surface area contributed by atoms with Crippen LogP contribution in [0.5, 0.6) is 0 Å². The topological polar surface area (TPSA) is 28.7 Å². The van der Waals surface area contributed by atoms with Gasteiger partial charge in [0.15, 0.2) is 0 Å². The summed E-state index contributed by atoms with van der Waals surface area (Å²) in [4.78, 5) is 7.47. The van der Waals surface area contributed by atoms with E-state index in [0.717, 1.165) is 18.7 Å². The molecule has 0 radical (unpaired) electrons. The van der Waals surface area contributed by atoms with E-state index in [9.17, 15) is 4.39 Å². The average molecular weight is 246 g/mol. The van der Waals surface area contributed by atoms with Crippen LogP contribution in [-0.2, 0) is 0 Å². The van der Waals surface area contributed by atoms with Gasteiger partial charge in [0.2, 0.25) is 0 Å². The number of nitrogens with one attached hydrogen (secondary N) is 1. The van der Waals surface area contributed by atoms with Crippen LogP contribution in [0.3, 0.4) is 0 Å². The normalized spacial score (nSPS) is 14.9. The molecule has 0 saturated heterocycles. The Morgan fingerprint density at radius 1 is 1.29 bits per heavy atom. The molecular formula is C13H11FN2S. The fraction of sp³-hybridized carbons (Fsp3) is 0.231. The Labute approximate surface area is 104 Å². The van der Waals surface area contributed by atoms with Crippen molar-refractivity contribution >= 4 is 12.2 Å². The van der Waals surface area contributed by atoms with E-state index in [2.05, 4.69) is 9.97 Å². The summed E-state index contributed by atoms with van der Waals surface area (Å²) in [7, 11) is 0. The third kappa shape index (κ3) is 2.13. The van der Waals surface area contributed by atoms with Crippen LogP contribution in [-0.4, -0.2) is 9.97 Å². The molecule has 1 N–H and O–H groups in total. The van der Waals surface area contributed by atoms with Crippen molar-refractivity contribution in [2.24, 2.45) is 0 Å². The molecule has 2 nitrogen and oxygen atoms in total. The first-order valence-electron chi connectivity index (χ1n) is 5.60. The second kappa shape index (κ2) is 4.04. The van der Waals surface area contributed by atoms with Crippen molar-refractivity contribution in [2.45, 2.75) is 18.8 Å². The SMILES string of the molecule is Fc1ccccc1-c1cc(=S)nc(C2CC2)[nH]1. The molecule has 4 heteroatoms. The zero-order valence-electron chi connectivity index (χ0n) is 9.11. The summed E-state index contributed by atoms with van der Waals surface area (Å²) in [5.74, 6) is 1.12. The summed E-state index contributed by atoms with van der Waals surface area (Å²) < 4.78 is 14.2. The van der Waals surface area contributed by atoms with Crippen molar-refractivity contribution in [2.75, 3.05) is 0 Å². The molecule has 0 amide bonds. The first-order valence-corrected chi connectivity index (χ1v) is 6.01. The minimum absolute atomic E-state index is 0.244. The third-order valence-electron chi connectivity index (χ3n) is 2.89. The number of halogens is 1. The van der Waals surface area contributed by atoms with Crippen LogP contribution in [0, 0.1) is 10.5 Å². The van der Waals surface area contributed by atoms with Gasteiger partial charge in [0.05, 0.1) is 5.69 Å². The fourth-order valence-corrected chi connectivity index (χ4v) is 2.07. The van der Waals surface area contributed by atoms with Gasteiger partial charge in [0.1, 0.15) is 16.3 Å². The van der Waals surface area contributed by atoms with Gasteiger partial charge in [-0.1, -0.05) is 24.4 Å². The molecule has 2 aromatic rings. The standard InChI is InChI=1S/C13H11FN2S/c14-10-4-2-1-3-9(10)11-7-12(17)16-13(15-11)8-5-6-8/h1-4,7-8H,5-6H2,(H,15,16,17). The van der Waals surface area contributed by atoms with Crippen molar-refractivity contribution in [1.82, 2.24) is 9.97 Å². The van der Waals surface area contributed by atoms with Gasteiger partial charge in [-0.05, 0) is 31.0 Å². The lowest BCUT2D eigenvalue weighted by Gasteiger charge is -2.06. The molecule has 1 aromatic carbocycles. The predicted molar refractivity (Wildman–Crippen MR) is 66.8 cm³/mol. The van der Waals surface area contributed by atoms with Crippen LogP contribution in [0.1, 0.15) is 24.6 Å². The summed E-state index contributed by atoms with van der Waals surface area (Å²) in [6.45, 7) is 0. The molecule has 0 atom stereocenters. The van der Waals surface area contributed by atoms with Crippen molar-refractivity contribution in [3.8, 4) is 11.3 Å². The van der Waals surface area contributed by atoms with Crippen molar-refractivity contribution in [3.05, 3.63) is 46.6 Å². The van der Waals surface area contributed by atoms with Crippen molar-refractivity contribution in [1.29, 1.82) is 0 Å². The smallest absolute Gasteiger partial charge is 0.132 e. The molecule has 3 rings (SSSR count). The van der Waals surface area contributed by atoms with Gasteiger partial charge in [0.25, 0.3) is 0 Å². The number of nitrogens with zero attached hydrogens (tertiary/aromatic N) is 1. The molecular weight excluding hydrogens is 235 g/mol. The quantitative estimate of drug-likeness (QED) is 0.816. The Morgan fingerprint density at radius 2 is 2.06 bits per heavy atom. The van der Waals surface area contributed by atoms with E-state index in [1.54, 1.807) is 18.2 Å². The Bertz CT molecular complexity index is 617. The monoisotopic (exact) mass is 246 g/mol. The van der Waals surface area contributed by atoms with Gasteiger partial charge in [-0.25, -0.2) is 9.37 Å². The third-order valence-corrected chi connectivity index (χ3v) is 3.10. The van der Waals surface area contributed by atoms with E-state index >= 15 is 0 Å².